The average Bonchev–Trinajstić information content (AvgIpc) is 2.78. The maximum absolute atomic E-state index is 9.48. The molecule has 126 valence electrons. The third kappa shape index (κ3) is 4.16. The summed E-state index contributed by atoms with van der Waals surface area (Å²) < 4.78 is 10.1. The quantitative estimate of drug-likeness (QED) is 0.776. The van der Waals surface area contributed by atoms with Crippen LogP contribution < -0.4 is 0 Å². The van der Waals surface area contributed by atoms with Crippen molar-refractivity contribution in [1.29, 1.82) is 0 Å². The van der Waals surface area contributed by atoms with Gasteiger partial charge in [-0.2, -0.15) is 5.10 Å². The van der Waals surface area contributed by atoms with Crippen molar-refractivity contribution in [3.8, 4) is 0 Å². The Kier molecular flexibility index (Phi) is 6.55. The van der Waals surface area contributed by atoms with E-state index in [1.165, 1.54) is 0 Å². The highest BCUT2D eigenvalue weighted by Crippen LogP contribution is 2.17. The van der Waals surface area contributed by atoms with E-state index >= 15 is 0 Å². The summed E-state index contributed by atoms with van der Waals surface area (Å²) in [6.45, 7) is 10.4. The van der Waals surface area contributed by atoms with Crippen LogP contribution in [0.25, 0.3) is 0 Å². The standard InChI is InChI=1S/C15H28N4O2S/c1-4-5-18-14(9-20)16-19(15(18)22)11-17-6-7-21-10-13(17)8-12(2)3/h12-13,20H,4-11H2,1-3H3. The van der Waals surface area contributed by atoms with Crippen LogP contribution in [0.4, 0.5) is 0 Å². The number of hydrogen-bond donors (Lipinski definition) is 1. The lowest BCUT2D eigenvalue weighted by atomic mass is 10.0. The highest BCUT2D eigenvalue weighted by Gasteiger charge is 2.25. The molecule has 1 aromatic rings. The molecule has 0 amide bonds. The lowest BCUT2D eigenvalue weighted by Crippen LogP contribution is -2.46. The number of rotatable bonds is 7. The summed E-state index contributed by atoms with van der Waals surface area (Å²) in [7, 11) is 0. The minimum Gasteiger partial charge on any atom is -0.388 e. The first-order valence-corrected chi connectivity index (χ1v) is 8.56. The molecule has 1 aliphatic rings. The van der Waals surface area contributed by atoms with E-state index in [1.54, 1.807) is 0 Å². The van der Waals surface area contributed by atoms with Gasteiger partial charge in [0.05, 0.1) is 19.9 Å². The highest BCUT2D eigenvalue weighted by atomic mass is 32.1. The van der Waals surface area contributed by atoms with Gasteiger partial charge < -0.3 is 14.4 Å². The molecule has 1 atom stereocenters. The SMILES string of the molecule is CCCn1c(CO)nn(CN2CCOCC2CC(C)C)c1=S. The van der Waals surface area contributed by atoms with Crippen LogP contribution in [0.3, 0.4) is 0 Å². The van der Waals surface area contributed by atoms with E-state index in [2.05, 4.69) is 30.8 Å². The minimum absolute atomic E-state index is 0.0742. The van der Waals surface area contributed by atoms with Crippen molar-refractivity contribution in [3.05, 3.63) is 10.6 Å². The Morgan fingerprint density at radius 1 is 1.45 bits per heavy atom. The van der Waals surface area contributed by atoms with Gasteiger partial charge in [0, 0.05) is 19.1 Å². The molecule has 0 aromatic carbocycles. The van der Waals surface area contributed by atoms with E-state index < -0.39 is 0 Å². The zero-order valence-electron chi connectivity index (χ0n) is 13.9. The predicted molar refractivity (Wildman–Crippen MR) is 88.0 cm³/mol. The second kappa shape index (κ2) is 8.19. The Balaban J connectivity index is 2.16. The molecule has 22 heavy (non-hydrogen) atoms. The van der Waals surface area contributed by atoms with Gasteiger partial charge in [-0.05, 0) is 31.0 Å². The van der Waals surface area contributed by atoms with Gasteiger partial charge in [0.1, 0.15) is 6.61 Å². The molecule has 1 N–H and O–H groups in total. The Morgan fingerprint density at radius 3 is 2.86 bits per heavy atom. The summed E-state index contributed by atoms with van der Waals surface area (Å²) in [4.78, 5) is 2.39. The van der Waals surface area contributed by atoms with E-state index in [0.29, 0.717) is 29.2 Å². The molecule has 7 heteroatoms. The van der Waals surface area contributed by atoms with Crippen LogP contribution in [0.5, 0.6) is 0 Å². The molecule has 0 saturated carbocycles. The largest absolute Gasteiger partial charge is 0.388 e. The average molecular weight is 328 g/mol. The molecule has 1 saturated heterocycles. The molecular formula is C15H28N4O2S. The molecular weight excluding hydrogens is 300 g/mol. The maximum Gasteiger partial charge on any atom is 0.199 e. The van der Waals surface area contributed by atoms with Gasteiger partial charge in [-0.1, -0.05) is 20.8 Å². The minimum atomic E-state index is -0.0742. The van der Waals surface area contributed by atoms with E-state index in [-0.39, 0.29) is 6.61 Å². The topological polar surface area (TPSA) is 55.5 Å². The molecule has 0 spiro atoms. The second-order valence-electron chi connectivity index (χ2n) is 6.32. The molecule has 1 aromatic heterocycles. The number of ether oxygens (including phenoxy) is 1. The second-order valence-corrected chi connectivity index (χ2v) is 6.69. The van der Waals surface area contributed by atoms with Gasteiger partial charge >= 0.3 is 0 Å². The van der Waals surface area contributed by atoms with Crippen molar-refractivity contribution >= 4 is 12.2 Å². The first-order chi connectivity index (χ1) is 10.6. The third-order valence-corrected chi connectivity index (χ3v) is 4.43. The van der Waals surface area contributed by atoms with Crippen LogP contribution >= 0.6 is 12.2 Å². The molecule has 2 rings (SSSR count). The number of morpholine rings is 1. The molecule has 0 radical (unpaired) electrons. The molecule has 1 aliphatic heterocycles. The van der Waals surface area contributed by atoms with Crippen LogP contribution in [0.1, 0.15) is 39.4 Å². The fraction of sp³-hybridized carbons (Fsp3) is 0.867. The third-order valence-electron chi connectivity index (χ3n) is 4.00. The van der Waals surface area contributed by atoms with Gasteiger partial charge in [-0.15, -0.1) is 0 Å². The number of nitrogens with zero attached hydrogens (tertiary/aromatic N) is 4. The summed E-state index contributed by atoms with van der Waals surface area (Å²) in [5, 5.41) is 14.0. The lowest BCUT2D eigenvalue weighted by molar-refractivity contribution is -0.0314. The Hall–Kier alpha value is -0.760. The van der Waals surface area contributed by atoms with E-state index in [0.717, 1.165) is 39.1 Å². The summed E-state index contributed by atoms with van der Waals surface area (Å²) in [6.07, 6.45) is 2.08. The van der Waals surface area contributed by atoms with E-state index in [9.17, 15) is 5.11 Å². The Labute approximate surface area is 137 Å². The number of aromatic nitrogens is 3. The summed E-state index contributed by atoms with van der Waals surface area (Å²) in [5.41, 5.74) is 0. The number of aliphatic hydroxyl groups is 1. The molecule has 6 nitrogen and oxygen atoms in total. The number of hydrogen-bond acceptors (Lipinski definition) is 5. The van der Waals surface area contributed by atoms with Crippen molar-refractivity contribution in [1.82, 2.24) is 19.2 Å². The Morgan fingerprint density at radius 2 is 2.23 bits per heavy atom. The summed E-state index contributed by atoms with van der Waals surface area (Å²) in [5.74, 6) is 1.29. The van der Waals surface area contributed by atoms with Gasteiger partial charge in [-0.25, -0.2) is 4.68 Å². The first kappa shape index (κ1) is 17.6. The van der Waals surface area contributed by atoms with Crippen LogP contribution in [-0.2, 0) is 24.6 Å². The Bertz CT molecular complexity index is 526. The normalized spacial score (nSPS) is 20.0. The van der Waals surface area contributed by atoms with Crippen LogP contribution in [-0.4, -0.2) is 50.2 Å². The summed E-state index contributed by atoms with van der Waals surface area (Å²) >= 11 is 5.53. The molecule has 0 aliphatic carbocycles. The maximum atomic E-state index is 9.48. The summed E-state index contributed by atoms with van der Waals surface area (Å²) in [6, 6.07) is 0.407. The fourth-order valence-electron chi connectivity index (χ4n) is 2.95. The zero-order valence-corrected chi connectivity index (χ0v) is 14.7. The van der Waals surface area contributed by atoms with Gasteiger partial charge in [0.2, 0.25) is 0 Å². The van der Waals surface area contributed by atoms with Crippen LogP contribution in [0.15, 0.2) is 0 Å². The predicted octanol–water partition coefficient (Wildman–Crippen LogP) is 2.02. The molecule has 2 heterocycles. The molecule has 1 fully saturated rings. The van der Waals surface area contributed by atoms with Crippen molar-refractivity contribution in [3.63, 3.8) is 0 Å². The van der Waals surface area contributed by atoms with Crippen molar-refractivity contribution < 1.29 is 9.84 Å². The highest BCUT2D eigenvalue weighted by molar-refractivity contribution is 7.71. The van der Waals surface area contributed by atoms with E-state index in [4.69, 9.17) is 17.0 Å². The van der Waals surface area contributed by atoms with Gasteiger partial charge in [-0.3, -0.25) is 4.90 Å². The van der Waals surface area contributed by atoms with Crippen LogP contribution in [0, 0.1) is 10.7 Å². The van der Waals surface area contributed by atoms with Gasteiger partial charge in [0.25, 0.3) is 0 Å². The van der Waals surface area contributed by atoms with Crippen molar-refractivity contribution in [2.24, 2.45) is 5.92 Å². The van der Waals surface area contributed by atoms with Gasteiger partial charge in [0.15, 0.2) is 10.6 Å². The lowest BCUT2D eigenvalue weighted by Gasteiger charge is -2.36. The zero-order chi connectivity index (χ0) is 16.1. The van der Waals surface area contributed by atoms with Crippen molar-refractivity contribution in [2.75, 3.05) is 19.8 Å². The first-order valence-electron chi connectivity index (χ1n) is 8.16. The molecule has 0 bridgehead atoms. The van der Waals surface area contributed by atoms with E-state index in [1.807, 2.05) is 9.25 Å². The molecule has 1 unspecified atom stereocenters. The monoisotopic (exact) mass is 328 g/mol. The van der Waals surface area contributed by atoms with Crippen LogP contribution in [0.2, 0.25) is 0 Å². The smallest absolute Gasteiger partial charge is 0.199 e. The number of aliphatic hydroxyl groups excluding tert-OH is 1. The van der Waals surface area contributed by atoms with Crippen molar-refractivity contribution in [2.45, 2.75) is 59.5 Å². The fourth-order valence-corrected chi connectivity index (χ4v) is 3.25.